The highest BCUT2D eigenvalue weighted by Crippen LogP contribution is 2.28. The summed E-state index contributed by atoms with van der Waals surface area (Å²) in [5.41, 5.74) is 5.09. The first-order valence-corrected chi connectivity index (χ1v) is 12.8. The predicted molar refractivity (Wildman–Crippen MR) is 146 cm³/mol. The highest BCUT2D eigenvalue weighted by molar-refractivity contribution is 6.07. The molecular formula is C30H32N4O3. The lowest BCUT2D eigenvalue weighted by molar-refractivity contribution is -0.122. The van der Waals surface area contributed by atoms with E-state index in [-0.39, 0.29) is 24.1 Å². The van der Waals surface area contributed by atoms with Crippen LogP contribution in [0, 0.1) is 19.8 Å². The second kappa shape index (κ2) is 10.5. The SMILES string of the molecule is Cc1cc(C)cc(N2C[C@H](C(=O)Nc3ccccc3C(=O)N3CCN(c4ccccc4)CC3)CC2=O)c1. The molecule has 1 atom stereocenters. The van der Waals surface area contributed by atoms with E-state index in [9.17, 15) is 14.4 Å². The number of aryl methyl sites for hydroxylation is 2. The van der Waals surface area contributed by atoms with Crippen molar-refractivity contribution in [2.24, 2.45) is 5.92 Å². The van der Waals surface area contributed by atoms with E-state index in [1.807, 2.05) is 55.1 Å². The van der Waals surface area contributed by atoms with Gasteiger partial charge in [-0.25, -0.2) is 0 Å². The fourth-order valence-electron chi connectivity index (χ4n) is 5.23. The minimum atomic E-state index is -0.481. The average Bonchev–Trinajstić information content (AvgIpc) is 3.30. The highest BCUT2D eigenvalue weighted by atomic mass is 16.2. The number of piperazine rings is 1. The van der Waals surface area contributed by atoms with E-state index >= 15 is 0 Å². The fourth-order valence-corrected chi connectivity index (χ4v) is 5.23. The molecule has 0 aromatic heterocycles. The van der Waals surface area contributed by atoms with Crippen LogP contribution in [0.1, 0.15) is 27.9 Å². The minimum Gasteiger partial charge on any atom is -0.368 e. The quantitative estimate of drug-likeness (QED) is 0.573. The fraction of sp³-hybridized carbons (Fsp3) is 0.300. The predicted octanol–water partition coefficient (Wildman–Crippen LogP) is 4.26. The molecule has 0 unspecified atom stereocenters. The van der Waals surface area contributed by atoms with Crippen molar-refractivity contribution in [2.45, 2.75) is 20.3 Å². The maximum absolute atomic E-state index is 13.4. The first-order chi connectivity index (χ1) is 17.9. The van der Waals surface area contributed by atoms with Gasteiger partial charge >= 0.3 is 0 Å². The molecule has 1 N–H and O–H groups in total. The Labute approximate surface area is 217 Å². The van der Waals surface area contributed by atoms with E-state index < -0.39 is 5.92 Å². The van der Waals surface area contributed by atoms with Gasteiger partial charge in [-0.3, -0.25) is 14.4 Å². The molecule has 3 aromatic rings. The van der Waals surface area contributed by atoms with Crippen molar-refractivity contribution in [3.63, 3.8) is 0 Å². The molecule has 2 fully saturated rings. The van der Waals surface area contributed by atoms with E-state index in [2.05, 4.69) is 28.4 Å². The van der Waals surface area contributed by atoms with Gasteiger partial charge in [0.25, 0.3) is 5.91 Å². The first kappa shape index (κ1) is 24.6. The van der Waals surface area contributed by atoms with Crippen molar-refractivity contribution in [3.8, 4) is 0 Å². The normalized spacial score (nSPS) is 17.7. The Morgan fingerprint density at radius 2 is 1.46 bits per heavy atom. The number of benzene rings is 3. The molecule has 2 heterocycles. The summed E-state index contributed by atoms with van der Waals surface area (Å²) in [4.78, 5) is 45.2. The maximum Gasteiger partial charge on any atom is 0.256 e. The number of hydrogen-bond acceptors (Lipinski definition) is 4. The molecule has 5 rings (SSSR count). The summed E-state index contributed by atoms with van der Waals surface area (Å²) in [7, 11) is 0. The molecule has 0 spiro atoms. The number of rotatable bonds is 5. The molecule has 7 heteroatoms. The molecule has 0 radical (unpaired) electrons. The molecular weight excluding hydrogens is 464 g/mol. The monoisotopic (exact) mass is 496 g/mol. The van der Waals surface area contributed by atoms with Gasteiger partial charge < -0.3 is 20.0 Å². The van der Waals surface area contributed by atoms with Crippen molar-refractivity contribution in [1.29, 1.82) is 0 Å². The van der Waals surface area contributed by atoms with Crippen LogP contribution in [-0.4, -0.2) is 55.3 Å². The third kappa shape index (κ3) is 5.35. The van der Waals surface area contributed by atoms with E-state index in [1.165, 1.54) is 0 Å². The van der Waals surface area contributed by atoms with Gasteiger partial charge in [-0.15, -0.1) is 0 Å². The topological polar surface area (TPSA) is 73.0 Å². The van der Waals surface area contributed by atoms with Gasteiger partial charge in [-0.05, 0) is 61.4 Å². The Kier molecular flexibility index (Phi) is 6.95. The summed E-state index contributed by atoms with van der Waals surface area (Å²) in [6.07, 6.45) is 0.149. The van der Waals surface area contributed by atoms with Crippen LogP contribution < -0.4 is 15.1 Å². The molecule has 0 saturated carbocycles. The number of carbonyl (C=O) groups excluding carboxylic acids is 3. The zero-order valence-electron chi connectivity index (χ0n) is 21.3. The molecule has 37 heavy (non-hydrogen) atoms. The summed E-state index contributed by atoms with van der Waals surface area (Å²) >= 11 is 0. The Bertz CT molecular complexity index is 1300. The molecule has 2 aliphatic heterocycles. The summed E-state index contributed by atoms with van der Waals surface area (Å²) in [6, 6.07) is 23.3. The smallest absolute Gasteiger partial charge is 0.256 e. The van der Waals surface area contributed by atoms with Gasteiger partial charge in [-0.1, -0.05) is 36.4 Å². The Morgan fingerprint density at radius 3 is 2.16 bits per heavy atom. The van der Waals surface area contributed by atoms with Crippen LogP contribution in [0.5, 0.6) is 0 Å². The molecule has 3 amide bonds. The molecule has 3 aromatic carbocycles. The Hall–Kier alpha value is -4.13. The van der Waals surface area contributed by atoms with Gasteiger partial charge in [0.05, 0.1) is 17.2 Å². The molecule has 2 aliphatic rings. The van der Waals surface area contributed by atoms with Gasteiger partial charge in [-0.2, -0.15) is 0 Å². The Balaban J connectivity index is 1.24. The number of carbonyl (C=O) groups is 3. The molecule has 0 bridgehead atoms. The number of nitrogens with zero attached hydrogens (tertiary/aromatic N) is 3. The largest absolute Gasteiger partial charge is 0.368 e. The van der Waals surface area contributed by atoms with Crippen molar-refractivity contribution in [1.82, 2.24) is 4.90 Å². The lowest BCUT2D eigenvalue weighted by Crippen LogP contribution is -2.49. The number of amides is 3. The van der Waals surface area contributed by atoms with Crippen LogP contribution in [-0.2, 0) is 9.59 Å². The van der Waals surface area contributed by atoms with Gasteiger partial charge in [0.15, 0.2) is 0 Å². The maximum atomic E-state index is 13.4. The lowest BCUT2D eigenvalue weighted by atomic mass is 10.1. The minimum absolute atomic E-state index is 0.0641. The van der Waals surface area contributed by atoms with Gasteiger partial charge in [0.2, 0.25) is 11.8 Å². The van der Waals surface area contributed by atoms with Crippen molar-refractivity contribution in [2.75, 3.05) is 47.8 Å². The van der Waals surface area contributed by atoms with E-state index in [0.717, 1.165) is 35.6 Å². The van der Waals surface area contributed by atoms with Gasteiger partial charge in [0.1, 0.15) is 0 Å². The molecule has 2 saturated heterocycles. The number of para-hydroxylation sites is 2. The lowest BCUT2D eigenvalue weighted by Gasteiger charge is -2.36. The van der Waals surface area contributed by atoms with Crippen molar-refractivity contribution >= 4 is 34.8 Å². The Morgan fingerprint density at radius 1 is 0.811 bits per heavy atom. The molecule has 7 nitrogen and oxygen atoms in total. The van der Waals surface area contributed by atoms with Crippen LogP contribution in [0.25, 0.3) is 0 Å². The molecule has 190 valence electrons. The van der Waals surface area contributed by atoms with E-state index in [1.54, 1.807) is 23.1 Å². The second-order valence-corrected chi connectivity index (χ2v) is 9.90. The summed E-state index contributed by atoms with van der Waals surface area (Å²) < 4.78 is 0. The van der Waals surface area contributed by atoms with Gasteiger partial charge in [0, 0.05) is 50.5 Å². The van der Waals surface area contributed by atoms with Crippen LogP contribution >= 0.6 is 0 Å². The average molecular weight is 497 g/mol. The summed E-state index contributed by atoms with van der Waals surface area (Å²) in [5.74, 6) is -0.881. The highest BCUT2D eigenvalue weighted by Gasteiger charge is 2.36. The van der Waals surface area contributed by atoms with Crippen molar-refractivity contribution < 1.29 is 14.4 Å². The number of anilines is 3. The van der Waals surface area contributed by atoms with Crippen molar-refractivity contribution in [3.05, 3.63) is 89.5 Å². The van der Waals surface area contributed by atoms with Crippen LogP contribution in [0.15, 0.2) is 72.8 Å². The van der Waals surface area contributed by atoms with Crippen LogP contribution in [0.2, 0.25) is 0 Å². The third-order valence-electron chi connectivity index (χ3n) is 7.12. The zero-order valence-corrected chi connectivity index (χ0v) is 21.3. The first-order valence-electron chi connectivity index (χ1n) is 12.8. The number of nitrogens with one attached hydrogen (secondary N) is 1. The zero-order chi connectivity index (χ0) is 25.9. The van der Waals surface area contributed by atoms with E-state index in [0.29, 0.717) is 30.9 Å². The standard InChI is InChI=1S/C30H32N4O3/c1-21-16-22(2)18-25(17-21)34-20-23(19-28(34)35)29(36)31-27-11-7-6-10-26(27)30(37)33-14-12-32(13-15-33)24-8-4-3-5-9-24/h3-11,16-18,23H,12-15,19-20H2,1-2H3,(H,31,36)/t23-/m1/s1. The van der Waals surface area contributed by atoms with Crippen LogP contribution in [0.4, 0.5) is 17.1 Å². The number of hydrogen-bond donors (Lipinski definition) is 1. The third-order valence-corrected chi connectivity index (χ3v) is 7.12. The summed E-state index contributed by atoms with van der Waals surface area (Å²) in [6.45, 7) is 7.04. The summed E-state index contributed by atoms with van der Waals surface area (Å²) in [5, 5.41) is 2.95. The second-order valence-electron chi connectivity index (χ2n) is 9.90. The molecule has 0 aliphatic carbocycles. The van der Waals surface area contributed by atoms with Crippen LogP contribution in [0.3, 0.4) is 0 Å². The van der Waals surface area contributed by atoms with E-state index in [4.69, 9.17) is 0 Å².